The predicted molar refractivity (Wildman–Crippen MR) is 100 cm³/mol. The Hall–Kier alpha value is -3.38. The fourth-order valence-corrected chi connectivity index (χ4v) is 4.27. The van der Waals surface area contributed by atoms with Crippen LogP contribution in [0, 0.1) is 55.4 Å². The zero-order chi connectivity index (χ0) is 20.6. The normalized spacial score (nSPS) is 23.6. The van der Waals surface area contributed by atoms with Crippen molar-refractivity contribution >= 4 is 17.3 Å². The van der Waals surface area contributed by atoms with E-state index in [1.807, 2.05) is 36.2 Å². The van der Waals surface area contributed by atoms with Crippen molar-refractivity contribution in [3.05, 3.63) is 61.8 Å². The van der Waals surface area contributed by atoms with Gasteiger partial charge in [-0.3, -0.25) is 10.1 Å². The van der Waals surface area contributed by atoms with E-state index in [0.717, 1.165) is 0 Å². The van der Waals surface area contributed by atoms with Gasteiger partial charge < -0.3 is 10.6 Å². The maximum Gasteiger partial charge on any atom is 0.274 e. The van der Waals surface area contributed by atoms with Gasteiger partial charge in [0.1, 0.15) is 6.07 Å². The van der Waals surface area contributed by atoms with E-state index in [9.17, 15) is 25.9 Å². The minimum absolute atomic E-state index is 0.106. The lowest BCUT2D eigenvalue weighted by Gasteiger charge is -2.44. The van der Waals surface area contributed by atoms with Gasteiger partial charge in [0.15, 0.2) is 5.41 Å². The number of fused-ring (bicyclic) bond motifs is 1. The molecular weight excluding hydrogens is 380 g/mol. The molecule has 0 unspecified atom stereocenters. The van der Waals surface area contributed by atoms with Crippen LogP contribution in [0.4, 0.5) is 5.69 Å². The van der Waals surface area contributed by atoms with E-state index >= 15 is 0 Å². The lowest BCUT2D eigenvalue weighted by molar-refractivity contribution is -0.385. The molecule has 9 heteroatoms. The molecule has 0 radical (unpaired) electrons. The maximum atomic E-state index is 11.7. The number of rotatable bonds is 2. The van der Waals surface area contributed by atoms with E-state index in [0.29, 0.717) is 18.7 Å². The second-order valence-electron chi connectivity index (χ2n) is 6.86. The molecule has 2 N–H and O–H groups in total. The molecular formula is C19H15ClN6O2. The minimum Gasteiger partial charge on any atom is -0.399 e. The van der Waals surface area contributed by atoms with Crippen LogP contribution in [0.3, 0.4) is 0 Å². The summed E-state index contributed by atoms with van der Waals surface area (Å²) in [4.78, 5) is 13.1. The van der Waals surface area contributed by atoms with Crippen molar-refractivity contribution < 1.29 is 4.92 Å². The van der Waals surface area contributed by atoms with Crippen LogP contribution in [-0.2, 0) is 0 Å². The largest absolute Gasteiger partial charge is 0.399 e. The quantitative estimate of drug-likeness (QED) is 0.599. The number of nitriles is 3. The molecule has 8 nitrogen and oxygen atoms in total. The summed E-state index contributed by atoms with van der Waals surface area (Å²) in [5, 5.41) is 41.4. The number of hydrogen-bond acceptors (Lipinski definition) is 7. The smallest absolute Gasteiger partial charge is 0.274 e. The second kappa shape index (κ2) is 6.98. The average Bonchev–Trinajstić information content (AvgIpc) is 2.67. The molecule has 0 spiro atoms. The van der Waals surface area contributed by atoms with Gasteiger partial charge in [-0.15, -0.1) is 0 Å². The topological polar surface area (TPSA) is 144 Å². The standard InChI is InChI=1S/C19H15ClN6O2/c1-25-5-4-12-14(7-21)18(24)19(9-22,10-23)17(15(12)8-25)13-3-2-11(20)6-16(13)26(27)28/h2-4,6,15,17H,5,8,24H2,1H3/t15-,17-/m0/s1. The first kappa shape index (κ1) is 19.4. The van der Waals surface area contributed by atoms with Gasteiger partial charge in [-0.2, -0.15) is 15.8 Å². The highest BCUT2D eigenvalue weighted by molar-refractivity contribution is 6.30. The molecule has 140 valence electrons. The Labute approximate surface area is 166 Å². The van der Waals surface area contributed by atoms with Crippen LogP contribution in [0.5, 0.6) is 0 Å². The predicted octanol–water partition coefficient (Wildman–Crippen LogP) is 2.60. The van der Waals surface area contributed by atoms with Gasteiger partial charge in [0, 0.05) is 41.6 Å². The summed E-state index contributed by atoms with van der Waals surface area (Å²) in [6, 6.07) is 10.1. The lowest BCUT2D eigenvalue weighted by Crippen LogP contribution is -2.47. The van der Waals surface area contributed by atoms with Crippen molar-refractivity contribution in [2.75, 3.05) is 20.1 Å². The SMILES string of the molecule is CN1CC=C2C(C#N)=C(N)C(C#N)(C#N)[C@@H](c3ccc(Cl)cc3[N+](=O)[O-])[C@H]2C1. The van der Waals surface area contributed by atoms with Crippen molar-refractivity contribution in [1.29, 1.82) is 15.8 Å². The number of hydrogen-bond donors (Lipinski definition) is 1. The van der Waals surface area contributed by atoms with Gasteiger partial charge in [-0.05, 0) is 18.7 Å². The van der Waals surface area contributed by atoms with Crippen LogP contribution in [0.1, 0.15) is 11.5 Å². The molecule has 0 saturated carbocycles. The summed E-state index contributed by atoms with van der Waals surface area (Å²) in [5.74, 6) is -1.41. The summed E-state index contributed by atoms with van der Waals surface area (Å²) in [5.41, 5.74) is 4.74. The Bertz CT molecular complexity index is 1040. The van der Waals surface area contributed by atoms with Crippen LogP contribution in [-0.4, -0.2) is 30.0 Å². The number of nitrogens with zero attached hydrogens (tertiary/aromatic N) is 5. The second-order valence-corrected chi connectivity index (χ2v) is 7.29. The van der Waals surface area contributed by atoms with Gasteiger partial charge in [-0.1, -0.05) is 23.7 Å². The number of nitrogens with two attached hydrogens (primary N) is 1. The van der Waals surface area contributed by atoms with Crippen LogP contribution >= 0.6 is 11.6 Å². The number of likely N-dealkylation sites (N-methyl/N-ethyl adjacent to an activating group) is 1. The Balaban J connectivity index is 2.41. The first-order valence-corrected chi connectivity index (χ1v) is 8.74. The molecule has 1 aliphatic carbocycles. The van der Waals surface area contributed by atoms with Gasteiger partial charge in [0.2, 0.25) is 0 Å². The summed E-state index contributed by atoms with van der Waals surface area (Å²) in [6.45, 7) is 0.978. The molecule has 3 rings (SSSR count). The van der Waals surface area contributed by atoms with Gasteiger partial charge >= 0.3 is 0 Å². The first-order chi connectivity index (χ1) is 13.3. The zero-order valence-electron chi connectivity index (χ0n) is 14.9. The van der Waals surface area contributed by atoms with Crippen LogP contribution < -0.4 is 5.73 Å². The van der Waals surface area contributed by atoms with Crippen molar-refractivity contribution in [2.24, 2.45) is 17.1 Å². The molecule has 1 heterocycles. The number of halogens is 1. The molecule has 28 heavy (non-hydrogen) atoms. The minimum atomic E-state index is -1.91. The fourth-order valence-electron chi connectivity index (χ4n) is 4.11. The van der Waals surface area contributed by atoms with Crippen molar-refractivity contribution in [1.82, 2.24) is 4.90 Å². The van der Waals surface area contributed by atoms with E-state index in [2.05, 4.69) is 0 Å². The zero-order valence-corrected chi connectivity index (χ0v) is 15.6. The number of nitro benzene ring substituents is 1. The summed E-state index contributed by atoms with van der Waals surface area (Å²) in [6.07, 6.45) is 1.83. The Kier molecular flexibility index (Phi) is 4.83. The highest BCUT2D eigenvalue weighted by atomic mass is 35.5. The Morgan fingerprint density at radius 2 is 2.04 bits per heavy atom. The molecule has 0 aromatic heterocycles. The Morgan fingerprint density at radius 3 is 2.61 bits per heavy atom. The van der Waals surface area contributed by atoms with Crippen LogP contribution in [0.25, 0.3) is 0 Å². The van der Waals surface area contributed by atoms with Gasteiger partial charge in [0.25, 0.3) is 5.69 Å². The lowest BCUT2D eigenvalue weighted by atomic mass is 9.58. The van der Waals surface area contributed by atoms with E-state index in [1.54, 1.807) is 0 Å². The van der Waals surface area contributed by atoms with Crippen LogP contribution in [0.15, 0.2) is 41.1 Å². The molecule has 0 amide bonds. The highest BCUT2D eigenvalue weighted by Gasteiger charge is 2.55. The summed E-state index contributed by atoms with van der Waals surface area (Å²) < 4.78 is 0. The van der Waals surface area contributed by atoms with Crippen molar-refractivity contribution in [2.45, 2.75) is 5.92 Å². The van der Waals surface area contributed by atoms with Crippen molar-refractivity contribution in [3.63, 3.8) is 0 Å². The van der Waals surface area contributed by atoms with E-state index in [4.69, 9.17) is 17.3 Å². The van der Waals surface area contributed by atoms with Crippen LogP contribution in [0.2, 0.25) is 5.02 Å². The molecule has 1 aromatic rings. The average molecular weight is 395 g/mol. The number of benzene rings is 1. The third kappa shape index (κ3) is 2.70. The molecule has 0 fully saturated rings. The van der Waals surface area contributed by atoms with Crippen molar-refractivity contribution in [3.8, 4) is 18.2 Å². The Morgan fingerprint density at radius 1 is 1.36 bits per heavy atom. The molecule has 1 aliphatic heterocycles. The fraction of sp³-hybridized carbons (Fsp3) is 0.316. The first-order valence-electron chi connectivity index (χ1n) is 8.36. The van der Waals surface area contributed by atoms with E-state index < -0.39 is 22.2 Å². The molecule has 2 aliphatic rings. The van der Waals surface area contributed by atoms with E-state index in [-0.39, 0.29) is 27.5 Å². The highest BCUT2D eigenvalue weighted by Crippen LogP contribution is 2.55. The maximum absolute atomic E-state index is 11.7. The third-order valence-corrected chi connectivity index (χ3v) is 5.61. The number of allylic oxidation sites excluding steroid dienone is 2. The number of nitro groups is 1. The molecule has 1 aromatic carbocycles. The third-order valence-electron chi connectivity index (χ3n) is 5.37. The molecule has 2 atom stereocenters. The molecule has 0 saturated heterocycles. The summed E-state index contributed by atoms with van der Waals surface area (Å²) >= 11 is 5.94. The monoisotopic (exact) mass is 394 g/mol. The van der Waals surface area contributed by atoms with E-state index in [1.165, 1.54) is 18.2 Å². The summed E-state index contributed by atoms with van der Waals surface area (Å²) in [7, 11) is 1.86. The van der Waals surface area contributed by atoms with Gasteiger partial charge in [0.05, 0.1) is 28.3 Å². The molecule has 0 bridgehead atoms. The van der Waals surface area contributed by atoms with Gasteiger partial charge in [-0.25, -0.2) is 0 Å².